The molecule has 0 saturated carbocycles. The van der Waals surface area contributed by atoms with E-state index < -0.39 is 17.4 Å². The van der Waals surface area contributed by atoms with E-state index in [0.717, 1.165) is 56.1 Å². The summed E-state index contributed by atoms with van der Waals surface area (Å²) in [7, 11) is 0. The van der Waals surface area contributed by atoms with Crippen LogP contribution >= 0.6 is 0 Å². The van der Waals surface area contributed by atoms with E-state index in [0.29, 0.717) is 12.0 Å². The van der Waals surface area contributed by atoms with Crippen molar-refractivity contribution in [1.82, 2.24) is 0 Å². The standard InChI is InChI=1S/C24H34O5/c1-3-28-22(26)24(23(27)29-4-2)20(18-19-14-11-12-16-21(19)24)15-10-8-6-5-7-9-13-17-25/h11-12,14,16,18,25H,3-10,13,15,17H2,1-2H3. The largest absolute Gasteiger partial charge is 0.465 e. The third kappa shape index (κ3) is 5.27. The second kappa shape index (κ2) is 11.8. The molecule has 0 aromatic heterocycles. The van der Waals surface area contributed by atoms with Crippen molar-refractivity contribution in [1.29, 1.82) is 0 Å². The first-order valence-electron chi connectivity index (χ1n) is 10.9. The van der Waals surface area contributed by atoms with Crippen molar-refractivity contribution in [2.24, 2.45) is 0 Å². The molecule has 1 N–H and O–H groups in total. The maximum atomic E-state index is 13.1. The summed E-state index contributed by atoms with van der Waals surface area (Å²) in [6.07, 6.45) is 9.86. The summed E-state index contributed by atoms with van der Waals surface area (Å²) in [5.41, 5.74) is 0.836. The van der Waals surface area contributed by atoms with Crippen molar-refractivity contribution in [3.05, 3.63) is 41.0 Å². The fourth-order valence-corrected chi connectivity index (χ4v) is 4.05. The molecule has 0 amide bonds. The molecule has 29 heavy (non-hydrogen) atoms. The van der Waals surface area contributed by atoms with Crippen LogP contribution in [0.1, 0.15) is 76.3 Å². The van der Waals surface area contributed by atoms with Gasteiger partial charge in [0.15, 0.2) is 0 Å². The van der Waals surface area contributed by atoms with Crippen LogP contribution in [0.25, 0.3) is 6.08 Å². The number of benzene rings is 1. The molecule has 5 heteroatoms. The Morgan fingerprint density at radius 3 is 2.00 bits per heavy atom. The van der Waals surface area contributed by atoms with Gasteiger partial charge in [0, 0.05) is 6.61 Å². The van der Waals surface area contributed by atoms with Gasteiger partial charge in [-0.2, -0.15) is 0 Å². The number of aliphatic hydroxyl groups is 1. The lowest BCUT2D eigenvalue weighted by Crippen LogP contribution is -2.46. The molecule has 0 heterocycles. The maximum absolute atomic E-state index is 13.1. The zero-order valence-corrected chi connectivity index (χ0v) is 17.7. The fraction of sp³-hybridized carbons (Fsp3) is 0.583. The van der Waals surface area contributed by atoms with Crippen LogP contribution in [-0.4, -0.2) is 36.9 Å². The van der Waals surface area contributed by atoms with Crippen LogP contribution in [0, 0.1) is 0 Å². The number of rotatable bonds is 13. The Morgan fingerprint density at radius 1 is 0.862 bits per heavy atom. The lowest BCUT2D eigenvalue weighted by molar-refractivity contribution is -0.162. The first-order valence-corrected chi connectivity index (χ1v) is 10.9. The number of hydrogen-bond donors (Lipinski definition) is 1. The summed E-state index contributed by atoms with van der Waals surface area (Å²) in [6, 6.07) is 7.51. The average Bonchev–Trinajstić information content (AvgIpc) is 3.05. The van der Waals surface area contributed by atoms with E-state index in [1.165, 1.54) is 0 Å². The summed E-state index contributed by atoms with van der Waals surface area (Å²) < 4.78 is 10.7. The van der Waals surface area contributed by atoms with Gasteiger partial charge in [-0.3, -0.25) is 9.59 Å². The molecule has 0 unspecified atom stereocenters. The van der Waals surface area contributed by atoms with Gasteiger partial charge in [-0.05, 0) is 49.8 Å². The van der Waals surface area contributed by atoms with Crippen molar-refractivity contribution in [2.75, 3.05) is 19.8 Å². The summed E-state index contributed by atoms with van der Waals surface area (Å²) in [5, 5.41) is 8.84. The van der Waals surface area contributed by atoms with Gasteiger partial charge in [-0.25, -0.2) is 0 Å². The van der Waals surface area contributed by atoms with E-state index in [-0.39, 0.29) is 19.8 Å². The smallest absolute Gasteiger partial charge is 0.332 e. The third-order valence-corrected chi connectivity index (χ3v) is 5.44. The Morgan fingerprint density at radius 2 is 1.41 bits per heavy atom. The third-order valence-electron chi connectivity index (χ3n) is 5.44. The van der Waals surface area contributed by atoms with E-state index in [9.17, 15) is 9.59 Å². The minimum absolute atomic E-state index is 0.212. The van der Waals surface area contributed by atoms with Gasteiger partial charge in [0.1, 0.15) is 0 Å². The van der Waals surface area contributed by atoms with E-state index in [1.54, 1.807) is 13.8 Å². The maximum Gasteiger partial charge on any atom is 0.332 e. The molecular weight excluding hydrogens is 368 g/mol. The van der Waals surface area contributed by atoms with Crippen LogP contribution in [0.15, 0.2) is 29.8 Å². The molecule has 1 aliphatic rings. The second-order valence-electron chi connectivity index (χ2n) is 7.40. The molecule has 1 aromatic carbocycles. The number of unbranched alkanes of at least 4 members (excludes halogenated alkanes) is 6. The number of carbonyl (C=O) groups excluding carboxylic acids is 2. The highest BCUT2D eigenvalue weighted by atomic mass is 16.6. The summed E-state index contributed by atoms with van der Waals surface area (Å²) >= 11 is 0. The predicted octanol–water partition coefficient (Wildman–Crippen LogP) is 4.56. The van der Waals surface area contributed by atoms with Gasteiger partial charge in [-0.1, -0.05) is 62.4 Å². The van der Waals surface area contributed by atoms with Crippen LogP contribution in [0.2, 0.25) is 0 Å². The van der Waals surface area contributed by atoms with Crippen LogP contribution in [0.4, 0.5) is 0 Å². The molecule has 0 aliphatic heterocycles. The molecule has 160 valence electrons. The first kappa shape index (κ1) is 23.1. The van der Waals surface area contributed by atoms with Crippen LogP contribution in [0.5, 0.6) is 0 Å². The van der Waals surface area contributed by atoms with Crippen molar-refractivity contribution >= 4 is 18.0 Å². The molecule has 0 bridgehead atoms. The number of ether oxygens (including phenoxy) is 2. The number of carbonyl (C=O) groups is 2. The van der Waals surface area contributed by atoms with Crippen molar-refractivity contribution in [2.45, 2.75) is 70.6 Å². The normalized spacial score (nSPS) is 14.2. The van der Waals surface area contributed by atoms with Crippen LogP contribution in [-0.2, 0) is 24.5 Å². The van der Waals surface area contributed by atoms with Crippen molar-refractivity contribution in [3.8, 4) is 0 Å². The lowest BCUT2D eigenvalue weighted by atomic mass is 9.75. The SMILES string of the molecule is CCOC(=O)C1(C(=O)OCC)C(CCCCCCCCCO)=Cc2ccccc21. The molecular formula is C24H34O5. The van der Waals surface area contributed by atoms with Gasteiger partial charge in [0.2, 0.25) is 5.41 Å². The minimum Gasteiger partial charge on any atom is -0.465 e. The molecule has 0 fully saturated rings. The molecule has 2 rings (SSSR count). The molecule has 1 aromatic rings. The van der Waals surface area contributed by atoms with E-state index in [4.69, 9.17) is 14.6 Å². The monoisotopic (exact) mass is 402 g/mol. The number of esters is 2. The van der Waals surface area contributed by atoms with Gasteiger partial charge >= 0.3 is 11.9 Å². The molecule has 0 saturated heterocycles. The van der Waals surface area contributed by atoms with E-state index >= 15 is 0 Å². The Kier molecular flexibility index (Phi) is 9.39. The topological polar surface area (TPSA) is 72.8 Å². The Bertz CT molecular complexity index is 689. The molecule has 5 nitrogen and oxygen atoms in total. The van der Waals surface area contributed by atoms with Crippen LogP contribution < -0.4 is 0 Å². The van der Waals surface area contributed by atoms with Gasteiger partial charge in [-0.15, -0.1) is 0 Å². The molecule has 0 atom stereocenters. The van der Waals surface area contributed by atoms with Gasteiger partial charge in [0.25, 0.3) is 0 Å². The quantitative estimate of drug-likeness (QED) is 0.297. The van der Waals surface area contributed by atoms with Crippen molar-refractivity contribution in [3.63, 3.8) is 0 Å². The average molecular weight is 403 g/mol. The molecule has 0 radical (unpaired) electrons. The number of fused-ring (bicyclic) bond motifs is 1. The Labute approximate surface area is 174 Å². The second-order valence-corrected chi connectivity index (χ2v) is 7.40. The zero-order valence-electron chi connectivity index (χ0n) is 17.7. The lowest BCUT2D eigenvalue weighted by Gasteiger charge is -2.29. The fourth-order valence-electron chi connectivity index (χ4n) is 4.05. The number of aliphatic hydroxyl groups excluding tert-OH is 1. The van der Waals surface area contributed by atoms with Crippen LogP contribution in [0.3, 0.4) is 0 Å². The Hall–Kier alpha value is -2.14. The van der Waals surface area contributed by atoms with Gasteiger partial charge < -0.3 is 14.6 Å². The predicted molar refractivity (Wildman–Crippen MR) is 113 cm³/mol. The highest BCUT2D eigenvalue weighted by Gasteiger charge is 2.56. The molecule has 0 spiro atoms. The Balaban J connectivity index is 2.15. The highest BCUT2D eigenvalue weighted by molar-refractivity contribution is 6.13. The van der Waals surface area contributed by atoms with Gasteiger partial charge in [0.05, 0.1) is 13.2 Å². The van der Waals surface area contributed by atoms with E-state index in [1.807, 2.05) is 30.3 Å². The number of hydrogen-bond acceptors (Lipinski definition) is 5. The van der Waals surface area contributed by atoms with E-state index in [2.05, 4.69) is 0 Å². The summed E-state index contributed by atoms with van der Waals surface area (Å²) in [6.45, 7) is 4.18. The minimum atomic E-state index is -1.48. The highest BCUT2D eigenvalue weighted by Crippen LogP contribution is 2.46. The zero-order chi connectivity index (χ0) is 21.1. The first-order chi connectivity index (χ1) is 14.1. The van der Waals surface area contributed by atoms with Crippen molar-refractivity contribution < 1.29 is 24.2 Å². The summed E-state index contributed by atoms with van der Waals surface area (Å²) in [5.74, 6) is -1.09. The summed E-state index contributed by atoms with van der Waals surface area (Å²) in [4.78, 5) is 26.2. The molecule has 1 aliphatic carbocycles.